The smallest absolute Gasteiger partial charge is 0.191 e. The van der Waals surface area contributed by atoms with Crippen molar-refractivity contribution in [2.75, 3.05) is 0 Å². The maximum absolute atomic E-state index is 12.9. The van der Waals surface area contributed by atoms with Crippen LogP contribution in [0.1, 0.15) is 40.6 Å². The molecule has 4 rings (SSSR count). The lowest BCUT2D eigenvalue weighted by Gasteiger charge is -2.11. The summed E-state index contributed by atoms with van der Waals surface area (Å²) in [6.45, 7) is 3.83. The lowest BCUT2D eigenvalue weighted by Crippen LogP contribution is -2.14. The van der Waals surface area contributed by atoms with Gasteiger partial charge in [-0.3, -0.25) is 4.79 Å². The van der Waals surface area contributed by atoms with E-state index >= 15 is 0 Å². The average molecular weight is 367 g/mol. The summed E-state index contributed by atoms with van der Waals surface area (Å²) in [6, 6.07) is 8.02. The molecule has 0 aliphatic heterocycles. The Labute approximate surface area is 156 Å². The van der Waals surface area contributed by atoms with E-state index in [2.05, 4.69) is 22.3 Å². The second-order valence-electron chi connectivity index (χ2n) is 6.72. The molecule has 6 heteroatoms. The predicted octanol–water partition coefficient (Wildman–Crippen LogP) is 4.24. The molecule has 0 N–H and O–H groups in total. The van der Waals surface area contributed by atoms with Gasteiger partial charge in [0, 0.05) is 12.6 Å². The summed E-state index contributed by atoms with van der Waals surface area (Å²) >= 11 is 1.44. The number of furan rings is 1. The van der Waals surface area contributed by atoms with Crippen molar-refractivity contribution in [2.45, 2.75) is 43.5 Å². The highest BCUT2D eigenvalue weighted by Crippen LogP contribution is 2.30. The summed E-state index contributed by atoms with van der Waals surface area (Å²) in [5, 5.41) is 9.04. The van der Waals surface area contributed by atoms with Crippen LogP contribution in [0.3, 0.4) is 0 Å². The maximum Gasteiger partial charge on any atom is 0.191 e. The third kappa shape index (κ3) is 2.98. The van der Waals surface area contributed by atoms with Gasteiger partial charge in [0.05, 0.1) is 17.1 Å². The van der Waals surface area contributed by atoms with E-state index in [9.17, 15) is 4.79 Å². The van der Waals surface area contributed by atoms with Gasteiger partial charge in [-0.2, -0.15) is 0 Å². The van der Waals surface area contributed by atoms with Crippen molar-refractivity contribution in [3.63, 3.8) is 0 Å². The molecule has 26 heavy (non-hydrogen) atoms. The van der Waals surface area contributed by atoms with Crippen LogP contribution >= 0.6 is 11.8 Å². The molecule has 2 heterocycles. The summed E-state index contributed by atoms with van der Waals surface area (Å²) in [7, 11) is 1.91. The Balaban J connectivity index is 1.53. The van der Waals surface area contributed by atoms with Crippen molar-refractivity contribution in [3.05, 3.63) is 53.0 Å². The first-order chi connectivity index (χ1) is 12.5. The van der Waals surface area contributed by atoms with Crippen LogP contribution in [0.15, 0.2) is 40.1 Å². The van der Waals surface area contributed by atoms with Gasteiger partial charge < -0.3 is 8.98 Å². The number of fused-ring (bicyclic) bond motifs is 1. The van der Waals surface area contributed by atoms with Gasteiger partial charge in [0.2, 0.25) is 0 Å². The highest BCUT2D eigenvalue weighted by atomic mass is 32.2. The molecule has 0 unspecified atom stereocenters. The fourth-order valence-electron chi connectivity index (χ4n) is 3.44. The number of hydrogen-bond donors (Lipinski definition) is 0. The van der Waals surface area contributed by atoms with Crippen molar-refractivity contribution in [1.82, 2.24) is 14.8 Å². The van der Waals surface area contributed by atoms with Crippen LogP contribution in [0.4, 0.5) is 0 Å². The van der Waals surface area contributed by atoms with Crippen LogP contribution in [-0.4, -0.2) is 25.8 Å². The molecule has 0 saturated heterocycles. The monoisotopic (exact) mass is 367 g/mol. The van der Waals surface area contributed by atoms with Crippen molar-refractivity contribution in [1.29, 1.82) is 0 Å². The predicted molar refractivity (Wildman–Crippen MR) is 102 cm³/mol. The molecule has 1 aliphatic rings. The van der Waals surface area contributed by atoms with Crippen molar-refractivity contribution in [3.8, 4) is 11.4 Å². The summed E-state index contributed by atoms with van der Waals surface area (Å²) in [4.78, 5) is 12.9. The first-order valence-corrected chi connectivity index (χ1v) is 9.69. The summed E-state index contributed by atoms with van der Waals surface area (Å²) in [6.07, 6.45) is 5.04. The van der Waals surface area contributed by atoms with Gasteiger partial charge in [-0.15, -0.1) is 10.2 Å². The highest BCUT2D eigenvalue weighted by Gasteiger charge is 2.22. The number of aromatic nitrogens is 3. The normalized spacial score (nSPS) is 14.4. The number of nitrogens with zero attached hydrogens (tertiary/aromatic N) is 3. The second kappa shape index (κ2) is 6.76. The number of thioether (sulfide) groups is 1. The fraction of sp³-hybridized carbons (Fsp3) is 0.350. The van der Waals surface area contributed by atoms with Crippen LogP contribution in [0.2, 0.25) is 0 Å². The SMILES string of the molecule is Cc1occc1-c1nnc(S[C@H](C)C(=O)c2ccc3c(c2)CCC3)n1C. The first-order valence-electron chi connectivity index (χ1n) is 8.81. The van der Waals surface area contributed by atoms with Crippen molar-refractivity contribution < 1.29 is 9.21 Å². The van der Waals surface area contributed by atoms with E-state index in [4.69, 9.17) is 4.42 Å². The zero-order valence-electron chi connectivity index (χ0n) is 15.2. The molecule has 0 saturated carbocycles. The molecule has 1 aromatic carbocycles. The number of carbonyl (C=O) groups is 1. The third-order valence-corrected chi connectivity index (χ3v) is 6.10. The Morgan fingerprint density at radius 2 is 2.04 bits per heavy atom. The zero-order chi connectivity index (χ0) is 18.3. The molecule has 1 atom stereocenters. The van der Waals surface area contributed by atoms with Crippen LogP contribution < -0.4 is 0 Å². The number of Topliss-reactive ketones (excluding diaryl/α,β-unsaturated/α-hetero) is 1. The molecule has 0 fully saturated rings. The first kappa shape index (κ1) is 17.1. The van der Waals surface area contributed by atoms with Gasteiger partial charge in [-0.25, -0.2) is 0 Å². The van der Waals surface area contributed by atoms with Gasteiger partial charge in [0.15, 0.2) is 16.8 Å². The minimum Gasteiger partial charge on any atom is -0.469 e. The van der Waals surface area contributed by atoms with Crippen molar-refractivity contribution >= 4 is 17.5 Å². The van der Waals surface area contributed by atoms with Gasteiger partial charge in [-0.05, 0) is 56.4 Å². The summed E-state index contributed by atoms with van der Waals surface area (Å²) < 4.78 is 7.27. The molecule has 134 valence electrons. The van der Waals surface area contributed by atoms with Crippen LogP contribution in [0.25, 0.3) is 11.4 Å². The Bertz CT molecular complexity index is 973. The topological polar surface area (TPSA) is 60.9 Å². The molecular formula is C20H21N3O2S. The average Bonchev–Trinajstić information content (AvgIpc) is 3.35. The van der Waals surface area contributed by atoms with Gasteiger partial charge in [0.1, 0.15) is 5.76 Å². The third-order valence-electron chi connectivity index (χ3n) is 4.97. The largest absolute Gasteiger partial charge is 0.469 e. The number of benzene rings is 1. The molecule has 0 radical (unpaired) electrons. The number of carbonyl (C=O) groups excluding carboxylic acids is 1. The summed E-state index contributed by atoms with van der Waals surface area (Å²) in [5.74, 6) is 1.68. The lowest BCUT2D eigenvalue weighted by molar-refractivity contribution is 0.0993. The van der Waals surface area contributed by atoms with Crippen LogP contribution in [0, 0.1) is 6.92 Å². The number of aryl methyl sites for hydroxylation is 3. The van der Waals surface area contributed by atoms with E-state index < -0.39 is 0 Å². The fourth-order valence-corrected chi connectivity index (χ4v) is 4.33. The molecule has 0 spiro atoms. The molecule has 1 aliphatic carbocycles. The van der Waals surface area contributed by atoms with Gasteiger partial charge in [0.25, 0.3) is 0 Å². The molecule has 3 aromatic rings. The Kier molecular flexibility index (Phi) is 4.44. The van der Waals surface area contributed by atoms with Crippen LogP contribution in [0.5, 0.6) is 0 Å². The minimum atomic E-state index is -0.226. The Morgan fingerprint density at radius 1 is 1.23 bits per heavy atom. The van der Waals surface area contributed by atoms with Gasteiger partial charge >= 0.3 is 0 Å². The van der Waals surface area contributed by atoms with Crippen molar-refractivity contribution in [2.24, 2.45) is 7.05 Å². The molecule has 2 aromatic heterocycles. The zero-order valence-corrected chi connectivity index (χ0v) is 16.0. The summed E-state index contributed by atoms with van der Waals surface area (Å²) in [5.41, 5.74) is 4.42. The lowest BCUT2D eigenvalue weighted by atomic mass is 10.0. The standard InChI is InChI=1S/C20H21N3O2S/c1-12-17(9-10-25-12)19-21-22-20(23(19)3)26-13(2)18(24)16-8-7-14-5-4-6-15(14)11-16/h7-11,13H,4-6H2,1-3H3/t13-/m1/s1. The van der Waals surface area contributed by atoms with E-state index in [-0.39, 0.29) is 11.0 Å². The second-order valence-corrected chi connectivity index (χ2v) is 8.02. The minimum absolute atomic E-state index is 0.133. The molecule has 0 amide bonds. The van der Waals surface area contributed by atoms with Gasteiger partial charge in [-0.1, -0.05) is 23.9 Å². The van der Waals surface area contributed by atoms with E-state index in [0.29, 0.717) is 0 Å². The number of rotatable bonds is 5. The highest BCUT2D eigenvalue weighted by molar-refractivity contribution is 8.00. The van der Waals surface area contributed by atoms with E-state index in [1.54, 1.807) is 6.26 Å². The molecular weight excluding hydrogens is 346 g/mol. The van der Waals surface area contributed by atoms with E-state index in [0.717, 1.165) is 40.7 Å². The number of ketones is 1. The van der Waals surface area contributed by atoms with E-state index in [1.807, 2.05) is 37.6 Å². The van der Waals surface area contributed by atoms with E-state index in [1.165, 1.54) is 29.3 Å². The molecule has 0 bridgehead atoms. The Morgan fingerprint density at radius 3 is 2.81 bits per heavy atom. The maximum atomic E-state index is 12.9. The van der Waals surface area contributed by atoms with Crippen LogP contribution in [-0.2, 0) is 19.9 Å². The molecule has 5 nitrogen and oxygen atoms in total. The number of hydrogen-bond acceptors (Lipinski definition) is 5. The Hall–Kier alpha value is -2.34. The quantitative estimate of drug-likeness (QED) is 0.499.